The van der Waals surface area contributed by atoms with Crippen molar-refractivity contribution >= 4 is 5.97 Å². The van der Waals surface area contributed by atoms with Gasteiger partial charge >= 0.3 is 5.97 Å². The van der Waals surface area contributed by atoms with Crippen molar-refractivity contribution < 1.29 is 9.53 Å². The summed E-state index contributed by atoms with van der Waals surface area (Å²) >= 11 is 0. The largest absolute Gasteiger partial charge is 0.459 e. The van der Waals surface area contributed by atoms with Crippen molar-refractivity contribution in [3.05, 3.63) is 0 Å². The molecule has 0 aromatic rings. The molecule has 0 aliphatic heterocycles. The molecule has 1 fully saturated rings. The number of esters is 1. The smallest absolute Gasteiger partial charge is 0.326 e. The Morgan fingerprint density at radius 2 is 1.91 bits per heavy atom. The summed E-state index contributed by atoms with van der Waals surface area (Å²) in [6.07, 6.45) is 1.53. The highest BCUT2D eigenvalue weighted by Gasteiger charge is 2.48. The molecular formula is C8H15NO2. The van der Waals surface area contributed by atoms with Gasteiger partial charge in [-0.3, -0.25) is 4.79 Å². The van der Waals surface area contributed by atoms with E-state index >= 15 is 0 Å². The molecule has 0 radical (unpaired) electrons. The van der Waals surface area contributed by atoms with E-state index in [0.29, 0.717) is 0 Å². The Hall–Kier alpha value is -0.570. The minimum absolute atomic E-state index is 0.259. The molecule has 0 spiro atoms. The molecule has 0 saturated heterocycles. The van der Waals surface area contributed by atoms with E-state index in [4.69, 9.17) is 10.5 Å². The van der Waals surface area contributed by atoms with Crippen molar-refractivity contribution in [1.29, 1.82) is 0 Å². The van der Waals surface area contributed by atoms with Crippen LogP contribution >= 0.6 is 0 Å². The Kier molecular flexibility index (Phi) is 1.71. The molecule has 0 heterocycles. The number of carbonyl (C=O) groups excluding carboxylic acids is 1. The molecule has 1 rings (SSSR count). The molecule has 3 nitrogen and oxygen atoms in total. The first-order valence-electron chi connectivity index (χ1n) is 3.86. The average Bonchev–Trinajstić information content (AvgIpc) is 2.44. The molecule has 0 amide bonds. The number of ether oxygens (including phenoxy) is 1. The van der Waals surface area contributed by atoms with Crippen LogP contribution in [-0.4, -0.2) is 17.1 Å². The van der Waals surface area contributed by atoms with Gasteiger partial charge in [-0.05, 0) is 33.6 Å². The monoisotopic (exact) mass is 157 g/mol. The lowest BCUT2D eigenvalue weighted by molar-refractivity contribution is -0.157. The topological polar surface area (TPSA) is 52.3 Å². The van der Waals surface area contributed by atoms with Crippen molar-refractivity contribution in [3.8, 4) is 0 Å². The van der Waals surface area contributed by atoms with Crippen LogP contribution in [0.3, 0.4) is 0 Å². The predicted octanol–water partition coefficient (Wildman–Crippen LogP) is 0.819. The zero-order valence-corrected chi connectivity index (χ0v) is 7.31. The van der Waals surface area contributed by atoms with E-state index in [1.807, 2.05) is 20.8 Å². The maximum absolute atomic E-state index is 11.2. The second-order valence-electron chi connectivity index (χ2n) is 4.16. The van der Waals surface area contributed by atoms with Gasteiger partial charge in [-0.25, -0.2) is 0 Å². The molecule has 2 N–H and O–H groups in total. The zero-order valence-electron chi connectivity index (χ0n) is 7.31. The molecule has 0 aromatic carbocycles. The van der Waals surface area contributed by atoms with Crippen LogP contribution in [0, 0.1) is 0 Å². The molecular weight excluding hydrogens is 142 g/mol. The van der Waals surface area contributed by atoms with Crippen LogP contribution in [0.2, 0.25) is 0 Å². The minimum atomic E-state index is -0.646. The lowest BCUT2D eigenvalue weighted by Crippen LogP contribution is -2.39. The maximum Gasteiger partial charge on any atom is 0.326 e. The van der Waals surface area contributed by atoms with Crippen LogP contribution in [0.5, 0.6) is 0 Å². The lowest BCUT2D eigenvalue weighted by atomic mass is 10.2. The van der Waals surface area contributed by atoms with E-state index in [2.05, 4.69) is 0 Å². The van der Waals surface area contributed by atoms with Gasteiger partial charge in [0.25, 0.3) is 0 Å². The van der Waals surface area contributed by atoms with Gasteiger partial charge in [-0.15, -0.1) is 0 Å². The second kappa shape index (κ2) is 2.21. The van der Waals surface area contributed by atoms with Crippen molar-refractivity contribution in [2.75, 3.05) is 0 Å². The third kappa shape index (κ3) is 2.19. The van der Waals surface area contributed by atoms with Crippen LogP contribution in [0.25, 0.3) is 0 Å². The zero-order chi connectivity index (χ0) is 8.70. The van der Waals surface area contributed by atoms with E-state index in [-0.39, 0.29) is 5.97 Å². The van der Waals surface area contributed by atoms with Crippen LogP contribution in [0.1, 0.15) is 33.6 Å². The molecule has 0 unspecified atom stereocenters. The van der Waals surface area contributed by atoms with Crippen LogP contribution in [-0.2, 0) is 9.53 Å². The molecule has 3 heteroatoms. The Morgan fingerprint density at radius 1 is 1.45 bits per heavy atom. The first-order valence-corrected chi connectivity index (χ1v) is 3.86. The van der Waals surface area contributed by atoms with Gasteiger partial charge < -0.3 is 10.5 Å². The third-order valence-electron chi connectivity index (χ3n) is 1.59. The van der Waals surface area contributed by atoms with Crippen molar-refractivity contribution in [1.82, 2.24) is 0 Å². The molecule has 1 aliphatic carbocycles. The van der Waals surface area contributed by atoms with Crippen LogP contribution < -0.4 is 5.73 Å². The summed E-state index contributed by atoms with van der Waals surface area (Å²) in [5.74, 6) is -0.259. The Morgan fingerprint density at radius 3 is 2.18 bits per heavy atom. The Balaban J connectivity index is 2.45. The first-order chi connectivity index (χ1) is 4.83. The van der Waals surface area contributed by atoms with Crippen LogP contribution in [0.4, 0.5) is 0 Å². The summed E-state index contributed by atoms with van der Waals surface area (Å²) in [5, 5.41) is 0. The van der Waals surface area contributed by atoms with Gasteiger partial charge in [-0.1, -0.05) is 0 Å². The fourth-order valence-electron chi connectivity index (χ4n) is 0.719. The molecule has 64 valence electrons. The van der Waals surface area contributed by atoms with Gasteiger partial charge in [0, 0.05) is 0 Å². The summed E-state index contributed by atoms with van der Waals surface area (Å²) < 4.78 is 5.10. The van der Waals surface area contributed by atoms with Crippen molar-refractivity contribution in [2.24, 2.45) is 5.73 Å². The normalized spacial score (nSPS) is 21.1. The summed E-state index contributed by atoms with van der Waals surface area (Å²) in [7, 11) is 0. The maximum atomic E-state index is 11.2. The lowest BCUT2D eigenvalue weighted by Gasteiger charge is -2.21. The molecule has 0 atom stereocenters. The highest BCUT2D eigenvalue weighted by atomic mass is 16.6. The summed E-state index contributed by atoms with van der Waals surface area (Å²) in [6.45, 7) is 5.53. The van der Waals surface area contributed by atoms with Gasteiger partial charge in [0.2, 0.25) is 0 Å². The molecule has 1 saturated carbocycles. The number of rotatable bonds is 1. The van der Waals surface area contributed by atoms with E-state index in [1.54, 1.807) is 0 Å². The quantitative estimate of drug-likeness (QED) is 0.573. The second-order valence-corrected chi connectivity index (χ2v) is 4.16. The highest BCUT2D eigenvalue weighted by molar-refractivity contribution is 5.84. The van der Waals surface area contributed by atoms with Gasteiger partial charge in [0.1, 0.15) is 11.1 Å². The summed E-state index contributed by atoms with van der Waals surface area (Å²) in [6, 6.07) is 0. The van der Waals surface area contributed by atoms with E-state index in [9.17, 15) is 4.79 Å². The average molecular weight is 157 g/mol. The number of hydrogen-bond acceptors (Lipinski definition) is 3. The van der Waals surface area contributed by atoms with Crippen molar-refractivity contribution in [2.45, 2.75) is 44.8 Å². The fraction of sp³-hybridized carbons (Fsp3) is 0.875. The van der Waals surface area contributed by atoms with Gasteiger partial charge in [0.05, 0.1) is 0 Å². The first kappa shape index (κ1) is 8.53. The van der Waals surface area contributed by atoms with E-state index in [1.165, 1.54) is 0 Å². The van der Waals surface area contributed by atoms with Gasteiger partial charge in [0.15, 0.2) is 0 Å². The Labute approximate surface area is 66.9 Å². The minimum Gasteiger partial charge on any atom is -0.459 e. The molecule has 1 aliphatic rings. The standard InChI is InChI=1S/C8H15NO2/c1-7(2,3)11-6(10)8(9)4-5-8/h4-5,9H2,1-3H3. The fourth-order valence-corrected chi connectivity index (χ4v) is 0.719. The van der Waals surface area contributed by atoms with E-state index in [0.717, 1.165) is 12.8 Å². The van der Waals surface area contributed by atoms with Crippen LogP contribution in [0.15, 0.2) is 0 Å². The third-order valence-corrected chi connectivity index (χ3v) is 1.59. The summed E-state index contributed by atoms with van der Waals surface area (Å²) in [5.41, 5.74) is 4.57. The number of nitrogens with two attached hydrogens (primary N) is 1. The Bertz CT molecular complexity index is 177. The van der Waals surface area contributed by atoms with Gasteiger partial charge in [-0.2, -0.15) is 0 Å². The number of hydrogen-bond donors (Lipinski definition) is 1. The number of carbonyl (C=O) groups is 1. The van der Waals surface area contributed by atoms with E-state index < -0.39 is 11.1 Å². The molecule has 0 bridgehead atoms. The molecule has 0 aromatic heterocycles. The van der Waals surface area contributed by atoms with Crippen molar-refractivity contribution in [3.63, 3.8) is 0 Å². The summed E-state index contributed by atoms with van der Waals surface area (Å²) in [4.78, 5) is 11.2. The highest BCUT2D eigenvalue weighted by Crippen LogP contribution is 2.34. The molecule has 11 heavy (non-hydrogen) atoms. The predicted molar refractivity (Wildman–Crippen MR) is 42.0 cm³/mol. The SMILES string of the molecule is CC(C)(C)OC(=O)C1(N)CC1.